The summed E-state index contributed by atoms with van der Waals surface area (Å²) in [5, 5.41) is 0. The van der Waals surface area contributed by atoms with Crippen molar-refractivity contribution in [2.75, 3.05) is 5.73 Å². The van der Waals surface area contributed by atoms with E-state index in [2.05, 4.69) is 0 Å². The summed E-state index contributed by atoms with van der Waals surface area (Å²) < 4.78 is 5.34. The largest absolute Gasteiger partial charge is 0.559 e. The molecule has 0 saturated heterocycles. The fourth-order valence-corrected chi connectivity index (χ4v) is 1.13. The number of nitrogens with two attached hydrogens (primary N) is 1. The molecule has 0 bridgehead atoms. The molecule has 11 heavy (non-hydrogen) atoms. The standard InChI is InChI=1S/C8H8BNO/c10-7-2-1-6-3-4-9-11-8(6)5-7/h1-5,9H,10H2. The highest BCUT2D eigenvalue weighted by atomic mass is 16.4. The summed E-state index contributed by atoms with van der Waals surface area (Å²) in [5.41, 5.74) is 7.43. The lowest BCUT2D eigenvalue weighted by Gasteiger charge is -2.11. The van der Waals surface area contributed by atoms with Crippen molar-refractivity contribution in [3.8, 4) is 5.75 Å². The van der Waals surface area contributed by atoms with Gasteiger partial charge < -0.3 is 10.4 Å². The van der Waals surface area contributed by atoms with E-state index in [9.17, 15) is 0 Å². The lowest BCUT2D eigenvalue weighted by Crippen LogP contribution is -2.04. The molecule has 1 aliphatic rings. The van der Waals surface area contributed by atoms with Crippen molar-refractivity contribution < 1.29 is 4.65 Å². The molecule has 3 heteroatoms. The van der Waals surface area contributed by atoms with Gasteiger partial charge in [-0.1, -0.05) is 12.1 Å². The molecule has 0 atom stereocenters. The van der Waals surface area contributed by atoms with Crippen LogP contribution in [0.1, 0.15) is 5.56 Å². The minimum absolute atomic E-state index is 0.649. The van der Waals surface area contributed by atoms with Gasteiger partial charge in [0, 0.05) is 17.3 Å². The molecular formula is C8H8BNO. The summed E-state index contributed by atoms with van der Waals surface area (Å²) in [6, 6.07) is 5.68. The van der Waals surface area contributed by atoms with Gasteiger partial charge >= 0.3 is 7.48 Å². The summed E-state index contributed by atoms with van der Waals surface area (Å²) in [6.07, 6.45) is 2.04. The minimum atomic E-state index is 0.649. The Bertz CT molecular complexity index is 309. The third-order valence-corrected chi connectivity index (χ3v) is 1.67. The Hall–Kier alpha value is -1.38. The zero-order chi connectivity index (χ0) is 7.68. The van der Waals surface area contributed by atoms with Crippen molar-refractivity contribution in [2.24, 2.45) is 0 Å². The van der Waals surface area contributed by atoms with Crippen LogP contribution in [-0.2, 0) is 0 Å². The fraction of sp³-hybridized carbons (Fsp3) is 0. The Labute approximate surface area is 65.9 Å². The smallest absolute Gasteiger partial charge is 0.366 e. The van der Waals surface area contributed by atoms with Gasteiger partial charge in [0.15, 0.2) is 0 Å². The molecule has 2 rings (SSSR count). The normalized spacial score (nSPS) is 13.1. The van der Waals surface area contributed by atoms with Crippen molar-refractivity contribution in [1.29, 1.82) is 0 Å². The molecule has 0 aliphatic carbocycles. The van der Waals surface area contributed by atoms with Crippen LogP contribution in [0.15, 0.2) is 24.2 Å². The third kappa shape index (κ3) is 1.09. The molecular weight excluding hydrogens is 137 g/mol. The van der Waals surface area contributed by atoms with Gasteiger partial charge in [-0.2, -0.15) is 0 Å². The van der Waals surface area contributed by atoms with E-state index in [-0.39, 0.29) is 0 Å². The highest BCUT2D eigenvalue weighted by Crippen LogP contribution is 2.24. The van der Waals surface area contributed by atoms with Gasteiger partial charge in [-0.05, 0) is 12.1 Å². The van der Waals surface area contributed by atoms with Gasteiger partial charge in [0.25, 0.3) is 0 Å². The summed E-state index contributed by atoms with van der Waals surface area (Å²) in [4.78, 5) is 0. The molecule has 2 nitrogen and oxygen atoms in total. The number of rotatable bonds is 0. The first-order chi connectivity index (χ1) is 5.36. The highest BCUT2D eigenvalue weighted by molar-refractivity contribution is 6.37. The Morgan fingerprint density at radius 1 is 1.36 bits per heavy atom. The van der Waals surface area contributed by atoms with Crippen molar-refractivity contribution in [3.63, 3.8) is 0 Å². The molecule has 0 amide bonds. The number of anilines is 1. The first-order valence-corrected chi connectivity index (χ1v) is 3.55. The molecule has 1 aromatic carbocycles. The van der Waals surface area contributed by atoms with Gasteiger partial charge in [0.05, 0.1) is 0 Å². The van der Waals surface area contributed by atoms with E-state index < -0.39 is 0 Å². The van der Waals surface area contributed by atoms with E-state index in [4.69, 9.17) is 10.4 Å². The minimum Gasteiger partial charge on any atom is -0.559 e. The quantitative estimate of drug-likeness (QED) is 0.436. The van der Waals surface area contributed by atoms with Crippen molar-refractivity contribution >= 4 is 19.2 Å². The first kappa shape index (κ1) is 6.34. The van der Waals surface area contributed by atoms with Crippen LogP contribution in [-0.4, -0.2) is 7.48 Å². The Kier molecular flexibility index (Phi) is 1.35. The van der Waals surface area contributed by atoms with Crippen molar-refractivity contribution in [2.45, 2.75) is 0 Å². The summed E-state index contributed by atoms with van der Waals surface area (Å²) >= 11 is 0. The average molecular weight is 145 g/mol. The highest BCUT2D eigenvalue weighted by Gasteiger charge is 2.04. The lowest BCUT2D eigenvalue weighted by molar-refractivity contribution is 0.600. The number of benzene rings is 1. The Morgan fingerprint density at radius 2 is 2.27 bits per heavy atom. The van der Waals surface area contributed by atoms with Gasteiger partial charge in [0.1, 0.15) is 5.75 Å². The van der Waals surface area contributed by atoms with E-state index in [1.165, 1.54) is 0 Å². The maximum absolute atomic E-state index is 5.58. The molecule has 0 fully saturated rings. The van der Waals surface area contributed by atoms with E-state index in [0.29, 0.717) is 7.48 Å². The lowest BCUT2D eigenvalue weighted by atomic mass is 9.95. The summed E-state index contributed by atoms with van der Waals surface area (Å²) in [7, 11) is 0.649. The molecule has 1 aliphatic heterocycles. The van der Waals surface area contributed by atoms with E-state index in [1.807, 2.05) is 30.3 Å². The average Bonchev–Trinajstić information content (AvgIpc) is 2.04. The fourth-order valence-electron chi connectivity index (χ4n) is 1.13. The maximum Gasteiger partial charge on any atom is 0.366 e. The summed E-state index contributed by atoms with van der Waals surface area (Å²) in [5.74, 6) is 2.87. The van der Waals surface area contributed by atoms with Crippen LogP contribution in [0.2, 0.25) is 0 Å². The van der Waals surface area contributed by atoms with Crippen LogP contribution in [0.5, 0.6) is 5.75 Å². The topological polar surface area (TPSA) is 35.2 Å². The number of hydrogen-bond acceptors (Lipinski definition) is 2. The van der Waals surface area contributed by atoms with E-state index >= 15 is 0 Å². The Balaban J connectivity index is 2.53. The molecule has 0 aromatic heterocycles. The van der Waals surface area contributed by atoms with Crippen LogP contribution < -0.4 is 10.4 Å². The zero-order valence-corrected chi connectivity index (χ0v) is 6.08. The van der Waals surface area contributed by atoms with Crippen molar-refractivity contribution in [1.82, 2.24) is 0 Å². The summed E-state index contributed by atoms with van der Waals surface area (Å²) in [6.45, 7) is 0. The molecule has 0 spiro atoms. The van der Waals surface area contributed by atoms with Crippen LogP contribution in [0.25, 0.3) is 6.08 Å². The van der Waals surface area contributed by atoms with E-state index in [0.717, 1.165) is 17.0 Å². The molecule has 0 radical (unpaired) electrons. The molecule has 54 valence electrons. The molecule has 1 heterocycles. The second-order valence-corrected chi connectivity index (χ2v) is 2.51. The van der Waals surface area contributed by atoms with Gasteiger partial charge in [-0.3, -0.25) is 0 Å². The molecule has 1 aromatic rings. The predicted octanol–water partition coefficient (Wildman–Crippen LogP) is 0.983. The second kappa shape index (κ2) is 2.34. The van der Waals surface area contributed by atoms with Gasteiger partial charge in [-0.15, -0.1) is 0 Å². The van der Waals surface area contributed by atoms with Crippen LogP contribution in [0.4, 0.5) is 5.69 Å². The number of hydrogen-bond donors (Lipinski definition) is 1. The maximum atomic E-state index is 5.58. The van der Waals surface area contributed by atoms with E-state index in [1.54, 1.807) is 0 Å². The monoisotopic (exact) mass is 145 g/mol. The zero-order valence-electron chi connectivity index (χ0n) is 6.08. The molecule has 0 saturated carbocycles. The second-order valence-electron chi connectivity index (χ2n) is 2.51. The van der Waals surface area contributed by atoms with Crippen LogP contribution >= 0.6 is 0 Å². The van der Waals surface area contributed by atoms with Gasteiger partial charge in [-0.25, -0.2) is 0 Å². The SMILES string of the molecule is Nc1ccc2c(c1)OBC=C2. The number of fused-ring (bicyclic) bond motifs is 1. The number of nitrogen functional groups attached to an aromatic ring is 1. The first-order valence-electron chi connectivity index (χ1n) is 3.55. The van der Waals surface area contributed by atoms with Gasteiger partial charge in [0.2, 0.25) is 0 Å². The van der Waals surface area contributed by atoms with Crippen LogP contribution in [0, 0.1) is 0 Å². The third-order valence-electron chi connectivity index (χ3n) is 1.67. The predicted molar refractivity (Wildman–Crippen MR) is 47.7 cm³/mol. The van der Waals surface area contributed by atoms with Crippen molar-refractivity contribution in [3.05, 3.63) is 29.7 Å². The Morgan fingerprint density at radius 3 is 3.18 bits per heavy atom. The molecule has 2 N–H and O–H groups in total. The van der Waals surface area contributed by atoms with Crippen LogP contribution in [0.3, 0.4) is 0 Å². The molecule has 0 unspecified atom stereocenters.